The van der Waals surface area contributed by atoms with Crippen LogP contribution < -0.4 is 0 Å². The lowest BCUT2D eigenvalue weighted by Gasteiger charge is -2.60. The molecule has 0 aromatic carbocycles. The monoisotopic (exact) mass is 660 g/mol. The van der Waals surface area contributed by atoms with Gasteiger partial charge in [-0.15, -0.1) is 0 Å². The Labute approximate surface area is 267 Å². The van der Waals surface area contributed by atoms with Gasteiger partial charge in [-0.05, 0) is 96.9 Å². The quantitative estimate of drug-likeness (QED) is 0.167. The lowest BCUT2D eigenvalue weighted by Crippen LogP contribution is -2.60. The van der Waals surface area contributed by atoms with E-state index in [1.807, 2.05) is 0 Å². The number of phosphoric ester groups is 1. The zero-order valence-corrected chi connectivity index (χ0v) is 28.4. The van der Waals surface area contributed by atoms with Gasteiger partial charge in [-0.2, -0.15) is 0 Å². The fourth-order valence-electron chi connectivity index (χ4n) is 10.4. The fraction of sp³-hybridized carbons (Fsp3) is 0.939. The van der Waals surface area contributed by atoms with E-state index < -0.39 is 57.3 Å². The number of rotatable bonds is 10. The van der Waals surface area contributed by atoms with Gasteiger partial charge in [0.05, 0.1) is 12.7 Å². The van der Waals surface area contributed by atoms with Gasteiger partial charge >= 0.3 is 7.82 Å². The first-order valence-electron chi connectivity index (χ1n) is 17.1. The molecule has 0 bridgehead atoms. The van der Waals surface area contributed by atoms with Gasteiger partial charge in [-0.3, -0.25) is 4.52 Å². The summed E-state index contributed by atoms with van der Waals surface area (Å²) in [6.45, 7) is 10.9. The van der Waals surface area contributed by atoms with Crippen molar-refractivity contribution < 1.29 is 53.9 Å². The zero-order chi connectivity index (χ0) is 33.1. The summed E-state index contributed by atoms with van der Waals surface area (Å²) in [5, 5.41) is 54.6. The van der Waals surface area contributed by atoms with Crippen LogP contribution in [0.2, 0.25) is 0 Å². The van der Waals surface area contributed by atoms with Crippen molar-refractivity contribution in [3.8, 4) is 0 Å². The van der Waals surface area contributed by atoms with Crippen molar-refractivity contribution in [3.05, 3.63) is 11.3 Å². The molecule has 5 aliphatic rings. The number of fused-ring (bicyclic) bond motifs is 5. The molecule has 4 aliphatic carbocycles. The summed E-state index contributed by atoms with van der Waals surface area (Å²) in [6, 6.07) is 0. The van der Waals surface area contributed by atoms with E-state index in [2.05, 4.69) is 39.1 Å². The first-order chi connectivity index (χ1) is 21.0. The third kappa shape index (κ3) is 6.83. The van der Waals surface area contributed by atoms with Crippen molar-refractivity contribution in [1.29, 1.82) is 0 Å². The molecular formula is C33H57O11P. The van der Waals surface area contributed by atoms with Crippen molar-refractivity contribution in [2.24, 2.45) is 46.3 Å². The molecule has 11 nitrogen and oxygen atoms in total. The normalized spacial score (nSPS) is 46.1. The summed E-state index contributed by atoms with van der Waals surface area (Å²) in [6.07, 6.45) is 0.615. The van der Waals surface area contributed by atoms with E-state index in [0.29, 0.717) is 42.9 Å². The van der Waals surface area contributed by atoms with Crippen LogP contribution in [-0.2, 0) is 18.6 Å². The van der Waals surface area contributed by atoms with Crippen molar-refractivity contribution in [3.63, 3.8) is 0 Å². The van der Waals surface area contributed by atoms with Crippen LogP contribution in [0.15, 0.2) is 11.3 Å². The van der Waals surface area contributed by atoms with Crippen LogP contribution in [0, 0.1) is 46.3 Å². The summed E-state index contributed by atoms with van der Waals surface area (Å²) in [5.41, 5.74) is 0.616. The van der Waals surface area contributed by atoms with Gasteiger partial charge in [-0.25, -0.2) is 4.57 Å². The molecule has 12 heteroatoms. The van der Waals surface area contributed by atoms with E-state index >= 15 is 0 Å². The maximum absolute atomic E-state index is 11.7. The fourth-order valence-corrected chi connectivity index (χ4v) is 10.7. The Morgan fingerprint density at radius 2 is 1.64 bits per heavy atom. The van der Waals surface area contributed by atoms with Gasteiger partial charge in [0.15, 0.2) is 6.29 Å². The van der Waals surface area contributed by atoms with E-state index in [0.717, 1.165) is 24.8 Å². The van der Waals surface area contributed by atoms with Gasteiger partial charge in [0.25, 0.3) is 0 Å². The molecule has 14 atom stereocenters. The average molecular weight is 661 g/mol. The molecule has 0 amide bonds. The molecule has 0 aromatic heterocycles. The van der Waals surface area contributed by atoms with Crippen LogP contribution in [0.3, 0.4) is 0 Å². The highest BCUT2D eigenvalue weighted by Crippen LogP contribution is 2.68. The smallest absolute Gasteiger partial charge is 0.469 e. The Hall–Kier alpha value is -0.590. The second kappa shape index (κ2) is 13.4. The maximum Gasteiger partial charge on any atom is 0.469 e. The standard InChI is InChI=1S/C33H57O11P/c1-17(2)7-6-8-18(3)20-9-10-21-25-22(12-14-32(20,21)4)33(5)13-11-19(15-23(33)26(34)28(25)36)43-31-30(38)29(37)27(35)24(44-31)16-42-45(39,40)41/h17-22,24-25,27-31,34-38H,6-16H2,1-5H3,(H2,39,40,41)/t18-,19+,20-,21+,22+,24-,25+,27+,28?,29-,30-,31+,32-,33-/m1/s1. The summed E-state index contributed by atoms with van der Waals surface area (Å²) >= 11 is 0. The summed E-state index contributed by atoms with van der Waals surface area (Å²) in [4.78, 5) is 18.1. The zero-order valence-electron chi connectivity index (χ0n) is 27.5. The van der Waals surface area contributed by atoms with Crippen LogP contribution in [0.1, 0.15) is 98.8 Å². The van der Waals surface area contributed by atoms with E-state index in [-0.39, 0.29) is 28.4 Å². The summed E-state index contributed by atoms with van der Waals surface area (Å²) in [5.74, 6) is 2.60. The molecule has 0 spiro atoms. The number of ether oxygens (including phenoxy) is 2. The largest absolute Gasteiger partial charge is 0.510 e. The lowest BCUT2D eigenvalue weighted by molar-refractivity contribution is -0.312. The van der Waals surface area contributed by atoms with Crippen LogP contribution in [0.5, 0.6) is 0 Å². The summed E-state index contributed by atoms with van der Waals surface area (Å²) < 4.78 is 27.4. The summed E-state index contributed by atoms with van der Waals surface area (Å²) in [7, 11) is -4.86. The molecule has 1 unspecified atom stereocenters. The molecule has 4 fully saturated rings. The minimum absolute atomic E-state index is 0.00208. The molecule has 0 aromatic rings. The van der Waals surface area contributed by atoms with E-state index in [4.69, 9.17) is 19.3 Å². The maximum atomic E-state index is 11.7. The molecule has 7 N–H and O–H groups in total. The van der Waals surface area contributed by atoms with Crippen LogP contribution in [-0.4, -0.2) is 84.8 Å². The topological polar surface area (TPSA) is 186 Å². The molecule has 5 rings (SSSR count). The van der Waals surface area contributed by atoms with Crippen LogP contribution in [0.4, 0.5) is 0 Å². The number of hydrogen-bond donors (Lipinski definition) is 7. The molecule has 0 radical (unpaired) electrons. The Bertz CT molecular complexity index is 1130. The van der Waals surface area contributed by atoms with Gasteiger partial charge in [0, 0.05) is 0 Å². The first-order valence-corrected chi connectivity index (χ1v) is 18.7. The number of aliphatic hydroxyl groups excluding tert-OH is 5. The molecule has 1 heterocycles. The Morgan fingerprint density at radius 3 is 2.31 bits per heavy atom. The third-order valence-corrected chi connectivity index (χ3v) is 13.3. The highest BCUT2D eigenvalue weighted by Gasteiger charge is 2.63. The molecular weight excluding hydrogens is 603 g/mol. The third-order valence-electron chi connectivity index (χ3n) is 12.8. The predicted octanol–water partition coefficient (Wildman–Crippen LogP) is 4.19. The van der Waals surface area contributed by atoms with E-state index in [9.17, 15) is 30.1 Å². The molecule has 260 valence electrons. The average Bonchev–Trinajstić information content (AvgIpc) is 3.32. The van der Waals surface area contributed by atoms with Crippen molar-refractivity contribution >= 4 is 7.82 Å². The molecule has 1 saturated heterocycles. The van der Waals surface area contributed by atoms with Crippen molar-refractivity contribution in [1.82, 2.24) is 0 Å². The minimum atomic E-state index is -4.86. The van der Waals surface area contributed by atoms with Crippen molar-refractivity contribution in [2.45, 2.75) is 142 Å². The molecule has 45 heavy (non-hydrogen) atoms. The second-order valence-corrected chi connectivity index (χ2v) is 17.1. The first kappa shape index (κ1) is 35.7. The van der Waals surface area contributed by atoms with Gasteiger partial charge in [0.2, 0.25) is 0 Å². The van der Waals surface area contributed by atoms with E-state index in [1.54, 1.807) is 0 Å². The predicted molar refractivity (Wildman–Crippen MR) is 166 cm³/mol. The van der Waals surface area contributed by atoms with E-state index in [1.165, 1.54) is 25.7 Å². The van der Waals surface area contributed by atoms with Gasteiger partial charge < -0.3 is 44.8 Å². The second-order valence-electron chi connectivity index (χ2n) is 15.8. The van der Waals surface area contributed by atoms with Crippen LogP contribution >= 0.6 is 7.82 Å². The molecule has 1 aliphatic heterocycles. The van der Waals surface area contributed by atoms with Crippen LogP contribution in [0.25, 0.3) is 0 Å². The highest BCUT2D eigenvalue weighted by molar-refractivity contribution is 7.46. The van der Waals surface area contributed by atoms with Crippen molar-refractivity contribution in [2.75, 3.05) is 6.61 Å². The lowest BCUT2D eigenvalue weighted by atomic mass is 9.46. The van der Waals surface area contributed by atoms with Gasteiger partial charge in [0.1, 0.15) is 36.3 Å². The number of aliphatic hydroxyl groups is 5. The van der Waals surface area contributed by atoms with Gasteiger partial charge in [-0.1, -0.05) is 53.9 Å². The Balaban J connectivity index is 1.29. The SMILES string of the molecule is CC(C)CCC[C@@H](C)[C@H]1CC[C@H]2[C@@H]3C(O)C(O)=C4C[C@@H](O[C@H]5O[C@H](COP(=O)(O)O)[C@H](O)[C@@H](O)[C@H]5O)CC[C@]4(C)[C@H]3CC[C@]12C. The minimum Gasteiger partial charge on any atom is -0.510 e. The number of hydrogen-bond acceptors (Lipinski definition) is 9. The molecule has 3 saturated carbocycles. The highest BCUT2D eigenvalue weighted by atomic mass is 31.2. The number of phosphoric acid groups is 1. The Morgan fingerprint density at radius 1 is 0.933 bits per heavy atom. The Kier molecular flexibility index (Phi) is 10.6.